The van der Waals surface area contributed by atoms with Crippen molar-refractivity contribution in [1.82, 2.24) is 5.32 Å². The van der Waals surface area contributed by atoms with Gasteiger partial charge >= 0.3 is 0 Å². The first-order chi connectivity index (χ1) is 7.11. The first-order valence-corrected chi connectivity index (χ1v) is 6.48. The molecule has 1 aromatic rings. The van der Waals surface area contributed by atoms with Gasteiger partial charge in [-0.3, -0.25) is 0 Å². The van der Waals surface area contributed by atoms with Crippen LogP contribution in [0.3, 0.4) is 0 Å². The molecule has 0 aromatic carbocycles. The molecule has 2 nitrogen and oxygen atoms in total. The monoisotopic (exact) mass is 225 g/mol. The highest BCUT2D eigenvalue weighted by Gasteiger charge is 2.34. The summed E-state index contributed by atoms with van der Waals surface area (Å²) >= 11 is 1.79. The van der Waals surface area contributed by atoms with Gasteiger partial charge in [-0.1, -0.05) is 0 Å². The van der Waals surface area contributed by atoms with Crippen molar-refractivity contribution < 1.29 is 5.11 Å². The highest BCUT2D eigenvalue weighted by molar-refractivity contribution is 7.10. The van der Waals surface area contributed by atoms with E-state index in [4.69, 9.17) is 0 Å². The minimum atomic E-state index is -0.417. The molecule has 1 aliphatic rings. The van der Waals surface area contributed by atoms with Crippen molar-refractivity contribution >= 4 is 11.3 Å². The second-order valence-electron chi connectivity index (χ2n) is 4.65. The van der Waals surface area contributed by atoms with E-state index in [-0.39, 0.29) is 0 Å². The number of thiophene rings is 1. The van der Waals surface area contributed by atoms with Gasteiger partial charge in [0.2, 0.25) is 0 Å². The fraction of sp³-hybridized carbons (Fsp3) is 0.667. The van der Waals surface area contributed by atoms with Crippen molar-refractivity contribution in [2.45, 2.75) is 44.8 Å². The Kier molecular flexibility index (Phi) is 3.14. The quantitative estimate of drug-likeness (QED) is 0.825. The zero-order valence-corrected chi connectivity index (χ0v) is 10.2. The molecule has 0 spiro atoms. The molecule has 0 bridgehead atoms. The minimum absolute atomic E-state index is 0.356. The van der Waals surface area contributed by atoms with Crippen molar-refractivity contribution in [3.8, 4) is 0 Å². The maximum atomic E-state index is 9.97. The molecule has 1 atom stereocenters. The smallest absolute Gasteiger partial charge is 0.0771 e. The Hall–Kier alpha value is -0.380. The SMILES string of the molecule is Cc1ccsc1C(C)NCC1(O)CCC1. The van der Waals surface area contributed by atoms with Crippen molar-refractivity contribution in [3.05, 3.63) is 21.9 Å². The molecule has 1 fully saturated rings. The Balaban J connectivity index is 1.87. The Labute approximate surface area is 95.3 Å². The third-order valence-corrected chi connectivity index (χ3v) is 4.52. The van der Waals surface area contributed by atoms with Crippen LogP contribution in [0.2, 0.25) is 0 Å². The molecule has 1 unspecified atom stereocenters. The molecule has 0 aliphatic heterocycles. The first kappa shape index (κ1) is 11.1. The predicted octanol–water partition coefficient (Wildman–Crippen LogP) is 2.62. The molecule has 2 rings (SSSR count). The van der Waals surface area contributed by atoms with Crippen LogP contribution < -0.4 is 5.32 Å². The zero-order chi connectivity index (χ0) is 10.9. The van der Waals surface area contributed by atoms with Crippen LogP contribution in [0.1, 0.15) is 42.7 Å². The van der Waals surface area contributed by atoms with E-state index in [2.05, 4.69) is 30.6 Å². The number of nitrogens with one attached hydrogen (secondary N) is 1. The van der Waals surface area contributed by atoms with Crippen LogP contribution in [0, 0.1) is 6.92 Å². The molecule has 0 amide bonds. The molecule has 0 radical (unpaired) electrons. The number of hydrogen-bond donors (Lipinski definition) is 2. The summed E-state index contributed by atoms with van der Waals surface area (Å²) in [5.74, 6) is 0. The van der Waals surface area contributed by atoms with Crippen molar-refractivity contribution in [3.63, 3.8) is 0 Å². The van der Waals surface area contributed by atoms with Crippen molar-refractivity contribution in [2.75, 3.05) is 6.54 Å². The molecule has 1 aromatic heterocycles. The first-order valence-electron chi connectivity index (χ1n) is 5.60. The van der Waals surface area contributed by atoms with E-state index in [1.807, 2.05) is 0 Å². The Bertz CT molecular complexity index is 330. The fourth-order valence-corrected chi connectivity index (χ4v) is 2.99. The van der Waals surface area contributed by atoms with Gasteiger partial charge in [0.1, 0.15) is 0 Å². The minimum Gasteiger partial charge on any atom is -0.389 e. The molecule has 0 saturated heterocycles. The van der Waals surface area contributed by atoms with E-state index in [1.165, 1.54) is 16.9 Å². The molecule has 1 aliphatic carbocycles. The molecule has 15 heavy (non-hydrogen) atoms. The Morgan fingerprint density at radius 1 is 1.60 bits per heavy atom. The summed E-state index contributed by atoms with van der Waals surface area (Å²) in [5.41, 5.74) is 0.931. The van der Waals surface area contributed by atoms with Crippen LogP contribution in [0.15, 0.2) is 11.4 Å². The summed E-state index contributed by atoms with van der Waals surface area (Å²) in [7, 11) is 0. The van der Waals surface area contributed by atoms with Gasteiger partial charge in [-0.05, 0) is 50.1 Å². The van der Waals surface area contributed by atoms with E-state index in [0.717, 1.165) is 19.4 Å². The average molecular weight is 225 g/mol. The van der Waals surface area contributed by atoms with Crippen molar-refractivity contribution in [1.29, 1.82) is 0 Å². The third kappa shape index (κ3) is 2.41. The summed E-state index contributed by atoms with van der Waals surface area (Å²) in [6.07, 6.45) is 3.08. The third-order valence-electron chi connectivity index (χ3n) is 3.32. The molecule has 1 saturated carbocycles. The van der Waals surface area contributed by atoms with Crippen LogP contribution in [-0.4, -0.2) is 17.3 Å². The molecule has 84 valence electrons. The standard InChI is InChI=1S/C12H19NOS/c1-9-4-7-15-11(9)10(2)13-8-12(14)5-3-6-12/h4,7,10,13-14H,3,5-6,8H2,1-2H3. The van der Waals surface area contributed by atoms with Crippen LogP contribution in [0.4, 0.5) is 0 Å². The van der Waals surface area contributed by atoms with Crippen LogP contribution in [0.25, 0.3) is 0 Å². The average Bonchev–Trinajstić information content (AvgIpc) is 2.58. The van der Waals surface area contributed by atoms with Gasteiger partial charge in [0.25, 0.3) is 0 Å². The second-order valence-corrected chi connectivity index (χ2v) is 5.60. The lowest BCUT2D eigenvalue weighted by atomic mass is 9.80. The predicted molar refractivity (Wildman–Crippen MR) is 64.3 cm³/mol. The summed E-state index contributed by atoms with van der Waals surface area (Å²) < 4.78 is 0. The van der Waals surface area contributed by atoms with Gasteiger partial charge in [0.05, 0.1) is 5.60 Å². The number of aliphatic hydroxyl groups is 1. The maximum Gasteiger partial charge on any atom is 0.0771 e. The summed E-state index contributed by atoms with van der Waals surface area (Å²) in [6, 6.07) is 2.51. The lowest BCUT2D eigenvalue weighted by molar-refractivity contribution is -0.0328. The van der Waals surface area contributed by atoms with Gasteiger partial charge in [-0.15, -0.1) is 11.3 Å². The van der Waals surface area contributed by atoms with E-state index in [0.29, 0.717) is 6.04 Å². The van der Waals surface area contributed by atoms with Gasteiger partial charge in [0, 0.05) is 17.5 Å². The molecule has 2 N–H and O–H groups in total. The summed E-state index contributed by atoms with van der Waals surface area (Å²) in [4.78, 5) is 1.39. The van der Waals surface area contributed by atoms with Gasteiger partial charge in [-0.25, -0.2) is 0 Å². The molecule has 1 heterocycles. The van der Waals surface area contributed by atoms with E-state index >= 15 is 0 Å². The number of aryl methyl sites for hydroxylation is 1. The van der Waals surface area contributed by atoms with Crippen molar-refractivity contribution in [2.24, 2.45) is 0 Å². The van der Waals surface area contributed by atoms with E-state index < -0.39 is 5.60 Å². The summed E-state index contributed by atoms with van der Waals surface area (Å²) in [5, 5.41) is 15.5. The largest absolute Gasteiger partial charge is 0.389 e. The molecular weight excluding hydrogens is 206 g/mol. The van der Waals surface area contributed by atoms with Gasteiger partial charge < -0.3 is 10.4 Å². The van der Waals surface area contributed by atoms with Gasteiger partial charge in [0.15, 0.2) is 0 Å². The Morgan fingerprint density at radius 2 is 2.33 bits per heavy atom. The highest BCUT2D eigenvalue weighted by atomic mass is 32.1. The zero-order valence-electron chi connectivity index (χ0n) is 9.42. The fourth-order valence-electron chi connectivity index (χ4n) is 2.03. The Morgan fingerprint density at radius 3 is 2.80 bits per heavy atom. The highest BCUT2D eigenvalue weighted by Crippen LogP contribution is 2.32. The molecular formula is C12H19NOS. The number of rotatable bonds is 4. The van der Waals surface area contributed by atoms with E-state index in [1.54, 1.807) is 11.3 Å². The molecule has 3 heteroatoms. The van der Waals surface area contributed by atoms with Crippen LogP contribution >= 0.6 is 11.3 Å². The lowest BCUT2D eigenvalue weighted by Gasteiger charge is -2.37. The lowest BCUT2D eigenvalue weighted by Crippen LogP contribution is -2.46. The normalized spacial score (nSPS) is 21.0. The van der Waals surface area contributed by atoms with Crippen LogP contribution in [-0.2, 0) is 0 Å². The van der Waals surface area contributed by atoms with Gasteiger partial charge in [-0.2, -0.15) is 0 Å². The topological polar surface area (TPSA) is 32.3 Å². The summed E-state index contributed by atoms with van der Waals surface area (Å²) in [6.45, 7) is 5.04. The second kappa shape index (κ2) is 4.24. The number of hydrogen-bond acceptors (Lipinski definition) is 3. The maximum absolute atomic E-state index is 9.97. The van der Waals surface area contributed by atoms with E-state index in [9.17, 15) is 5.11 Å². The van der Waals surface area contributed by atoms with Crippen LogP contribution in [0.5, 0.6) is 0 Å².